The van der Waals surface area contributed by atoms with Crippen LogP contribution in [0.15, 0.2) is 93.9 Å². The highest BCUT2D eigenvalue weighted by Gasteiger charge is 2.33. The van der Waals surface area contributed by atoms with Crippen LogP contribution in [0.3, 0.4) is 0 Å². The van der Waals surface area contributed by atoms with Gasteiger partial charge in [0.2, 0.25) is 0 Å². The SMILES string of the molecule is CCOC(=O)C1=C(C)N=c2s/c(=C\c3ccccc3OCc3ccc(Cl)cc3)c(=O)n2[C@@H]1c1ccc(Cl)cc1. The van der Waals surface area contributed by atoms with Gasteiger partial charge >= 0.3 is 5.97 Å². The van der Waals surface area contributed by atoms with Crippen LogP contribution in [0, 0.1) is 0 Å². The van der Waals surface area contributed by atoms with Crippen LogP contribution < -0.4 is 19.6 Å². The third kappa shape index (κ3) is 5.71. The van der Waals surface area contributed by atoms with Crippen molar-refractivity contribution in [1.82, 2.24) is 4.57 Å². The lowest BCUT2D eigenvalue weighted by Crippen LogP contribution is -2.39. The first kappa shape index (κ1) is 26.9. The van der Waals surface area contributed by atoms with Crippen molar-refractivity contribution >= 4 is 46.6 Å². The molecule has 5 rings (SSSR count). The molecular formula is C30H24Cl2N2O4S. The van der Waals surface area contributed by atoms with Crippen molar-refractivity contribution in [3.05, 3.63) is 130 Å². The van der Waals surface area contributed by atoms with Crippen molar-refractivity contribution in [1.29, 1.82) is 0 Å². The van der Waals surface area contributed by atoms with Crippen LogP contribution in [-0.4, -0.2) is 17.1 Å². The molecule has 1 aromatic heterocycles. The number of carbonyl (C=O) groups is 1. The van der Waals surface area contributed by atoms with Crippen molar-refractivity contribution in [2.24, 2.45) is 4.99 Å². The van der Waals surface area contributed by atoms with Crippen LogP contribution in [0.1, 0.15) is 36.6 Å². The quantitative estimate of drug-likeness (QED) is 0.264. The molecule has 39 heavy (non-hydrogen) atoms. The van der Waals surface area contributed by atoms with Gasteiger partial charge in [-0.25, -0.2) is 9.79 Å². The first-order valence-electron chi connectivity index (χ1n) is 12.3. The minimum atomic E-state index is -0.698. The number of hydrogen-bond acceptors (Lipinski definition) is 6. The van der Waals surface area contributed by atoms with Crippen molar-refractivity contribution < 1.29 is 14.3 Å². The van der Waals surface area contributed by atoms with E-state index in [2.05, 4.69) is 4.99 Å². The van der Waals surface area contributed by atoms with Gasteiger partial charge in [0.05, 0.1) is 28.5 Å². The van der Waals surface area contributed by atoms with Crippen molar-refractivity contribution in [3.8, 4) is 5.75 Å². The number of nitrogens with zero attached hydrogens (tertiary/aromatic N) is 2. The van der Waals surface area contributed by atoms with Crippen LogP contribution in [0.4, 0.5) is 0 Å². The van der Waals surface area contributed by atoms with Crippen molar-refractivity contribution in [3.63, 3.8) is 0 Å². The van der Waals surface area contributed by atoms with Gasteiger partial charge in [-0.3, -0.25) is 9.36 Å². The molecule has 9 heteroatoms. The first-order valence-corrected chi connectivity index (χ1v) is 13.8. The Morgan fingerprint density at radius 1 is 1.03 bits per heavy atom. The molecular weight excluding hydrogens is 555 g/mol. The van der Waals surface area contributed by atoms with E-state index in [1.165, 1.54) is 11.3 Å². The fourth-order valence-corrected chi connectivity index (χ4v) is 5.66. The Labute approximate surface area is 239 Å². The number of aromatic nitrogens is 1. The van der Waals surface area contributed by atoms with Crippen molar-refractivity contribution in [2.75, 3.05) is 6.61 Å². The highest BCUT2D eigenvalue weighted by molar-refractivity contribution is 7.07. The Kier molecular flexibility index (Phi) is 8.02. The minimum absolute atomic E-state index is 0.209. The van der Waals surface area contributed by atoms with Crippen LogP contribution in [0.5, 0.6) is 5.75 Å². The second kappa shape index (κ2) is 11.6. The molecule has 0 radical (unpaired) electrons. The van der Waals surface area contributed by atoms with Crippen LogP contribution in [0.2, 0.25) is 10.0 Å². The van der Waals surface area contributed by atoms with E-state index in [1.807, 2.05) is 60.7 Å². The predicted octanol–water partition coefficient (Wildman–Crippen LogP) is 5.68. The van der Waals surface area contributed by atoms with E-state index in [9.17, 15) is 9.59 Å². The normalized spacial score (nSPS) is 15.1. The summed E-state index contributed by atoms with van der Waals surface area (Å²) in [7, 11) is 0. The average molecular weight is 580 g/mol. The van der Waals surface area contributed by atoms with E-state index in [-0.39, 0.29) is 12.2 Å². The molecule has 0 saturated heterocycles. The third-order valence-electron chi connectivity index (χ3n) is 6.22. The maximum atomic E-state index is 13.9. The molecule has 0 fully saturated rings. The summed E-state index contributed by atoms with van der Waals surface area (Å²) < 4.78 is 13.4. The van der Waals surface area contributed by atoms with E-state index in [1.54, 1.807) is 36.6 Å². The number of thiazole rings is 1. The van der Waals surface area contributed by atoms with E-state index in [0.29, 0.717) is 43.0 Å². The van der Waals surface area contributed by atoms with Gasteiger partial charge in [-0.05, 0) is 61.4 Å². The molecule has 0 aliphatic carbocycles. The molecule has 0 bridgehead atoms. The number of para-hydroxylation sites is 1. The number of rotatable bonds is 7. The number of carbonyl (C=O) groups excluding carboxylic acids is 1. The standard InChI is InChI=1S/C30H24Cl2N2O4S/c1-3-37-29(36)26-18(2)33-30-34(27(26)20-10-14-23(32)15-11-20)28(35)25(39-30)16-21-6-4-5-7-24(21)38-17-19-8-12-22(31)13-9-19/h4-16,27H,3,17H2,1-2H3/b25-16-/t27-/m1/s1. The number of hydrogen-bond donors (Lipinski definition) is 0. The maximum absolute atomic E-state index is 13.9. The molecule has 2 heterocycles. The Balaban J connectivity index is 1.59. The lowest BCUT2D eigenvalue weighted by molar-refractivity contribution is -0.139. The molecule has 3 aromatic carbocycles. The largest absolute Gasteiger partial charge is 0.488 e. The number of esters is 1. The highest BCUT2D eigenvalue weighted by Crippen LogP contribution is 2.31. The van der Waals surface area contributed by atoms with E-state index < -0.39 is 12.0 Å². The van der Waals surface area contributed by atoms with Gasteiger partial charge in [-0.2, -0.15) is 0 Å². The third-order valence-corrected chi connectivity index (χ3v) is 7.70. The molecule has 0 unspecified atom stereocenters. The molecule has 4 aromatic rings. The van der Waals surface area contributed by atoms with E-state index in [4.69, 9.17) is 32.7 Å². The van der Waals surface area contributed by atoms with Crippen LogP contribution >= 0.6 is 34.5 Å². The molecule has 0 amide bonds. The summed E-state index contributed by atoms with van der Waals surface area (Å²) in [5.74, 6) is 0.129. The smallest absolute Gasteiger partial charge is 0.338 e. The molecule has 1 aliphatic rings. The Hall–Kier alpha value is -3.65. The van der Waals surface area contributed by atoms with Gasteiger partial charge in [0.15, 0.2) is 4.80 Å². The average Bonchev–Trinajstić information content (AvgIpc) is 3.23. The molecule has 0 spiro atoms. The minimum Gasteiger partial charge on any atom is -0.488 e. The zero-order chi connectivity index (χ0) is 27.5. The van der Waals surface area contributed by atoms with Gasteiger partial charge in [0.25, 0.3) is 5.56 Å². The van der Waals surface area contributed by atoms with Gasteiger partial charge < -0.3 is 9.47 Å². The Morgan fingerprint density at radius 2 is 1.69 bits per heavy atom. The topological polar surface area (TPSA) is 69.9 Å². The summed E-state index contributed by atoms with van der Waals surface area (Å²) in [5, 5.41) is 1.22. The zero-order valence-electron chi connectivity index (χ0n) is 21.2. The number of benzene rings is 3. The zero-order valence-corrected chi connectivity index (χ0v) is 23.5. The molecule has 198 valence electrons. The van der Waals surface area contributed by atoms with E-state index >= 15 is 0 Å². The first-order chi connectivity index (χ1) is 18.9. The summed E-state index contributed by atoms with van der Waals surface area (Å²) in [5.41, 5.74) is 3.02. The highest BCUT2D eigenvalue weighted by atomic mass is 35.5. The Bertz CT molecular complexity index is 1740. The summed E-state index contributed by atoms with van der Waals surface area (Å²) in [4.78, 5) is 32.0. The van der Waals surface area contributed by atoms with Crippen molar-refractivity contribution in [2.45, 2.75) is 26.5 Å². The van der Waals surface area contributed by atoms with E-state index in [0.717, 1.165) is 16.7 Å². The number of allylic oxidation sites excluding steroid dienone is 1. The summed E-state index contributed by atoms with van der Waals surface area (Å²) in [6.07, 6.45) is 1.79. The molecule has 1 aliphatic heterocycles. The second-order valence-corrected chi connectivity index (χ2v) is 10.7. The summed E-state index contributed by atoms with van der Waals surface area (Å²) in [6, 6.07) is 21.3. The summed E-state index contributed by atoms with van der Waals surface area (Å²) in [6.45, 7) is 4.06. The predicted molar refractivity (Wildman–Crippen MR) is 154 cm³/mol. The molecule has 6 nitrogen and oxygen atoms in total. The van der Waals surface area contributed by atoms with Crippen LogP contribution in [-0.2, 0) is 16.1 Å². The fraction of sp³-hybridized carbons (Fsp3) is 0.167. The number of halogens is 2. The fourth-order valence-electron chi connectivity index (χ4n) is 4.37. The van der Waals surface area contributed by atoms with Gasteiger partial charge in [-0.1, -0.05) is 77.0 Å². The summed E-state index contributed by atoms with van der Waals surface area (Å²) >= 11 is 13.4. The molecule has 1 atom stereocenters. The van der Waals surface area contributed by atoms with Gasteiger partial charge in [0.1, 0.15) is 12.4 Å². The lowest BCUT2D eigenvalue weighted by Gasteiger charge is -2.24. The lowest BCUT2D eigenvalue weighted by atomic mass is 9.96. The van der Waals surface area contributed by atoms with Gasteiger partial charge in [-0.15, -0.1) is 0 Å². The molecule has 0 N–H and O–H groups in total. The molecule has 0 saturated carbocycles. The second-order valence-electron chi connectivity index (χ2n) is 8.81. The number of ether oxygens (including phenoxy) is 2. The van der Waals surface area contributed by atoms with Crippen LogP contribution in [0.25, 0.3) is 6.08 Å². The Morgan fingerprint density at radius 3 is 2.38 bits per heavy atom. The maximum Gasteiger partial charge on any atom is 0.338 e. The monoisotopic (exact) mass is 578 g/mol. The van der Waals surface area contributed by atoms with Gasteiger partial charge in [0, 0.05) is 15.6 Å². The number of fused-ring (bicyclic) bond motifs is 1.